The van der Waals surface area contributed by atoms with Crippen LogP contribution < -0.4 is 4.72 Å². The number of hydrogen-bond donors (Lipinski definition) is 2. The second-order valence-corrected chi connectivity index (χ2v) is 8.37. The average Bonchev–Trinajstić information content (AvgIpc) is 2.91. The van der Waals surface area contributed by atoms with Crippen molar-refractivity contribution in [1.82, 2.24) is 9.03 Å². The molecule has 13 heteroatoms. The van der Waals surface area contributed by atoms with Crippen molar-refractivity contribution in [1.29, 1.82) is 0 Å². The molecule has 2 unspecified atom stereocenters. The predicted molar refractivity (Wildman–Crippen MR) is 86.8 cm³/mol. The lowest BCUT2D eigenvalue weighted by Gasteiger charge is -2.24. The van der Waals surface area contributed by atoms with Crippen molar-refractivity contribution >= 4 is 22.8 Å². The van der Waals surface area contributed by atoms with Gasteiger partial charge in [0.25, 0.3) is 10.2 Å². The van der Waals surface area contributed by atoms with Crippen LogP contribution in [-0.4, -0.2) is 49.9 Å². The highest BCUT2D eigenvalue weighted by molar-refractivity contribution is 7.87. The van der Waals surface area contributed by atoms with Crippen LogP contribution in [0.1, 0.15) is 12.0 Å². The number of hydrogen-bond acceptors (Lipinski definition) is 4. The summed E-state index contributed by atoms with van der Waals surface area (Å²) in [5, 5.41) is -0.430. The lowest BCUT2D eigenvalue weighted by molar-refractivity contribution is -0.121. The fourth-order valence-electron chi connectivity index (χ4n) is 2.54. The smallest absolute Gasteiger partial charge is 0.375 e. The van der Waals surface area contributed by atoms with Crippen LogP contribution in [0.15, 0.2) is 12.1 Å². The molecule has 1 N–H and O–H groups in total. The molecule has 1 fully saturated rings. The second kappa shape index (κ2) is 8.55. The first-order chi connectivity index (χ1) is 12.4. The van der Waals surface area contributed by atoms with Crippen LogP contribution in [0.2, 0.25) is 0 Å². The SMILES string of the molecule is O=S(=O)(NCC(F)(F)F)N1CC(S)CC1COCc1cc(F)c(F)cc1F. The Morgan fingerprint density at radius 2 is 1.81 bits per heavy atom. The lowest BCUT2D eigenvalue weighted by atomic mass is 10.2. The minimum atomic E-state index is -4.72. The van der Waals surface area contributed by atoms with Gasteiger partial charge in [0.1, 0.15) is 12.4 Å². The van der Waals surface area contributed by atoms with Gasteiger partial charge in [0.05, 0.1) is 19.3 Å². The van der Waals surface area contributed by atoms with E-state index in [0.29, 0.717) is 12.1 Å². The van der Waals surface area contributed by atoms with Crippen molar-refractivity contribution in [2.45, 2.75) is 30.5 Å². The second-order valence-electron chi connectivity index (χ2n) is 5.93. The van der Waals surface area contributed by atoms with Crippen LogP contribution in [-0.2, 0) is 21.6 Å². The summed E-state index contributed by atoms with van der Waals surface area (Å²) in [6.45, 7) is -2.62. The van der Waals surface area contributed by atoms with Crippen molar-refractivity contribution in [3.63, 3.8) is 0 Å². The van der Waals surface area contributed by atoms with Gasteiger partial charge >= 0.3 is 6.18 Å². The van der Waals surface area contributed by atoms with Crippen LogP contribution >= 0.6 is 12.6 Å². The molecule has 0 radical (unpaired) electrons. The summed E-state index contributed by atoms with van der Waals surface area (Å²) in [6.07, 6.45) is -4.53. The van der Waals surface area contributed by atoms with E-state index in [2.05, 4.69) is 12.6 Å². The zero-order chi connectivity index (χ0) is 20.4. The highest BCUT2D eigenvalue weighted by atomic mass is 32.2. The third kappa shape index (κ3) is 6.24. The number of ether oxygens (including phenoxy) is 1. The van der Waals surface area contributed by atoms with Gasteiger partial charge in [-0.1, -0.05) is 0 Å². The van der Waals surface area contributed by atoms with Crippen LogP contribution in [0.3, 0.4) is 0 Å². The Morgan fingerprint density at radius 1 is 1.19 bits per heavy atom. The molecule has 0 aliphatic carbocycles. The van der Waals surface area contributed by atoms with Crippen molar-refractivity contribution in [3.05, 3.63) is 35.1 Å². The molecule has 1 aliphatic rings. The fourth-order valence-corrected chi connectivity index (χ4v) is 4.50. The molecule has 5 nitrogen and oxygen atoms in total. The van der Waals surface area contributed by atoms with Crippen molar-refractivity contribution in [2.75, 3.05) is 19.7 Å². The summed E-state index contributed by atoms with van der Waals surface area (Å²) in [6, 6.07) is 0.122. The minimum absolute atomic E-state index is 0.135. The van der Waals surface area contributed by atoms with Gasteiger partial charge < -0.3 is 4.74 Å². The molecule has 1 aromatic carbocycles. The molecular weight excluding hydrogens is 422 g/mol. The van der Waals surface area contributed by atoms with E-state index in [9.17, 15) is 34.8 Å². The molecule has 1 aliphatic heterocycles. The zero-order valence-corrected chi connectivity index (χ0v) is 15.4. The third-order valence-electron chi connectivity index (χ3n) is 3.76. The van der Waals surface area contributed by atoms with Crippen LogP contribution in [0.4, 0.5) is 26.3 Å². The number of benzene rings is 1. The molecule has 0 saturated carbocycles. The molecule has 0 bridgehead atoms. The monoisotopic (exact) mass is 438 g/mol. The maximum Gasteiger partial charge on any atom is 0.402 e. The lowest BCUT2D eigenvalue weighted by Crippen LogP contribution is -2.47. The maximum atomic E-state index is 13.5. The summed E-state index contributed by atoms with van der Waals surface area (Å²) in [7, 11) is -4.44. The third-order valence-corrected chi connectivity index (χ3v) is 5.71. The Labute approximate surface area is 157 Å². The van der Waals surface area contributed by atoms with Gasteiger partial charge in [0.15, 0.2) is 11.6 Å². The zero-order valence-electron chi connectivity index (χ0n) is 13.6. The molecule has 27 heavy (non-hydrogen) atoms. The maximum absolute atomic E-state index is 13.5. The van der Waals surface area contributed by atoms with Gasteiger partial charge in [0.2, 0.25) is 0 Å². The normalized spacial score (nSPS) is 21.7. The van der Waals surface area contributed by atoms with E-state index >= 15 is 0 Å². The Morgan fingerprint density at radius 3 is 2.44 bits per heavy atom. The first-order valence-corrected chi connectivity index (χ1v) is 9.57. The summed E-state index contributed by atoms with van der Waals surface area (Å²) in [4.78, 5) is 0. The summed E-state index contributed by atoms with van der Waals surface area (Å²) in [5.41, 5.74) is -0.279. The number of rotatable bonds is 7. The van der Waals surface area contributed by atoms with Gasteiger partial charge in [-0.25, -0.2) is 13.2 Å². The van der Waals surface area contributed by atoms with E-state index in [0.717, 1.165) is 4.31 Å². The van der Waals surface area contributed by atoms with E-state index in [1.807, 2.05) is 0 Å². The first kappa shape index (κ1) is 22.3. The van der Waals surface area contributed by atoms with Crippen molar-refractivity contribution < 1.29 is 39.5 Å². The van der Waals surface area contributed by atoms with Crippen LogP contribution in [0, 0.1) is 17.5 Å². The first-order valence-electron chi connectivity index (χ1n) is 7.61. The molecular formula is C14H16F6N2O3S2. The quantitative estimate of drug-likeness (QED) is 0.391. The van der Waals surface area contributed by atoms with Crippen molar-refractivity contribution in [3.8, 4) is 0 Å². The summed E-state index contributed by atoms with van der Waals surface area (Å²) in [5.74, 6) is -3.67. The Balaban J connectivity index is 1.99. The van der Waals surface area contributed by atoms with E-state index in [1.54, 1.807) is 0 Å². The van der Waals surface area contributed by atoms with Gasteiger partial charge in [-0.05, 0) is 12.5 Å². The Bertz CT molecular complexity index is 775. The molecule has 1 aromatic rings. The molecule has 0 amide bonds. The molecule has 2 rings (SSSR count). The molecule has 1 saturated heterocycles. The number of nitrogens with zero attached hydrogens (tertiary/aromatic N) is 1. The van der Waals surface area contributed by atoms with Crippen LogP contribution in [0.5, 0.6) is 0 Å². The number of thiol groups is 1. The minimum Gasteiger partial charge on any atom is -0.375 e. The highest BCUT2D eigenvalue weighted by Crippen LogP contribution is 2.26. The molecule has 154 valence electrons. The van der Waals surface area contributed by atoms with Gasteiger partial charge in [0, 0.05) is 23.4 Å². The Hall–Kier alpha value is -1.02. The Kier molecular flexibility index (Phi) is 7.06. The molecule has 0 spiro atoms. The fraction of sp³-hybridized carbons (Fsp3) is 0.571. The summed E-state index contributed by atoms with van der Waals surface area (Å²) < 4.78 is 108. The number of nitrogens with one attached hydrogen (secondary N) is 1. The largest absolute Gasteiger partial charge is 0.402 e. The van der Waals surface area contributed by atoms with E-state index < -0.39 is 58.3 Å². The van der Waals surface area contributed by atoms with E-state index in [4.69, 9.17) is 4.74 Å². The van der Waals surface area contributed by atoms with Gasteiger partial charge in [-0.15, -0.1) is 0 Å². The number of halogens is 6. The number of alkyl halides is 3. The van der Waals surface area contributed by atoms with Gasteiger partial charge in [-0.3, -0.25) is 0 Å². The van der Waals surface area contributed by atoms with Gasteiger partial charge in [-0.2, -0.15) is 43.2 Å². The van der Waals surface area contributed by atoms with Crippen molar-refractivity contribution in [2.24, 2.45) is 0 Å². The highest BCUT2D eigenvalue weighted by Gasteiger charge is 2.40. The van der Waals surface area contributed by atoms with Crippen LogP contribution in [0.25, 0.3) is 0 Å². The predicted octanol–water partition coefficient (Wildman–Crippen LogP) is 2.39. The summed E-state index contributed by atoms with van der Waals surface area (Å²) >= 11 is 4.14. The average molecular weight is 438 g/mol. The topological polar surface area (TPSA) is 58.6 Å². The molecule has 0 aromatic heterocycles. The standard InChI is InChI=1S/C14H16F6N2O3S2/c15-11-3-13(17)12(16)1-8(11)5-25-6-9-2-10(26)4-22(9)27(23,24)21-7-14(18,19)20/h1,3,9-10,21,26H,2,4-7H2. The van der Waals surface area contributed by atoms with E-state index in [-0.39, 0.29) is 25.1 Å². The molecule has 1 heterocycles. The van der Waals surface area contributed by atoms with E-state index in [1.165, 1.54) is 4.72 Å². The molecule has 2 atom stereocenters.